The fourth-order valence-corrected chi connectivity index (χ4v) is 1.95. The van der Waals surface area contributed by atoms with Gasteiger partial charge in [0.2, 0.25) is 0 Å². The van der Waals surface area contributed by atoms with E-state index >= 15 is 0 Å². The van der Waals surface area contributed by atoms with Gasteiger partial charge in [-0.3, -0.25) is 14.9 Å². The van der Waals surface area contributed by atoms with E-state index in [1.54, 1.807) is 12.1 Å². The molecule has 0 fully saturated rings. The van der Waals surface area contributed by atoms with E-state index in [0.29, 0.717) is 22.2 Å². The van der Waals surface area contributed by atoms with Crippen LogP contribution < -0.4 is 5.32 Å². The average molecular weight is 205 g/mol. The lowest BCUT2D eigenvalue weighted by Crippen LogP contribution is -2.19. The van der Waals surface area contributed by atoms with Crippen molar-refractivity contribution < 1.29 is 9.59 Å². The van der Waals surface area contributed by atoms with E-state index in [9.17, 15) is 9.59 Å². The monoisotopic (exact) mass is 205 g/mol. The second-order valence-electron chi connectivity index (χ2n) is 2.93. The number of aromatic nitrogens is 2. The van der Waals surface area contributed by atoms with Crippen molar-refractivity contribution in [1.82, 2.24) is 14.1 Å². The molecule has 1 N–H and O–H groups in total. The van der Waals surface area contributed by atoms with Crippen LogP contribution in [0.3, 0.4) is 0 Å². The molecule has 6 heteroatoms. The minimum atomic E-state index is -0.361. The van der Waals surface area contributed by atoms with Crippen molar-refractivity contribution >= 4 is 34.6 Å². The van der Waals surface area contributed by atoms with E-state index in [0.717, 1.165) is 11.7 Å². The van der Waals surface area contributed by atoms with Gasteiger partial charge < -0.3 is 0 Å². The number of carbonyl (C=O) groups is 2. The van der Waals surface area contributed by atoms with E-state index in [4.69, 9.17) is 0 Å². The Morgan fingerprint density at radius 1 is 1.00 bits per heavy atom. The molecule has 2 heterocycles. The molecular formula is C8H3N3O2S. The smallest absolute Gasteiger partial charge is 0.259 e. The van der Waals surface area contributed by atoms with Crippen LogP contribution >= 0.6 is 11.7 Å². The van der Waals surface area contributed by atoms with E-state index in [1.165, 1.54) is 0 Å². The molecule has 0 saturated carbocycles. The van der Waals surface area contributed by atoms with Gasteiger partial charge in [0.1, 0.15) is 11.0 Å². The summed E-state index contributed by atoms with van der Waals surface area (Å²) in [5.41, 5.74) is 2.07. The average Bonchev–Trinajstić information content (AvgIpc) is 2.70. The molecule has 2 aromatic rings. The first-order chi connectivity index (χ1) is 6.75. The molecule has 68 valence electrons. The summed E-state index contributed by atoms with van der Waals surface area (Å²) in [6.07, 6.45) is 0. The van der Waals surface area contributed by atoms with Gasteiger partial charge in [0.25, 0.3) is 11.8 Å². The lowest BCUT2D eigenvalue weighted by Gasteiger charge is -1.91. The fraction of sp³-hybridized carbons (Fsp3) is 0. The standard InChI is InChI=1S/C8H3N3O2S/c12-7-3-1-5-6(11-14-10-5)2-4(3)8(13)9-7/h1-2H,(H,9,12,13). The Balaban J connectivity index is 2.43. The first-order valence-electron chi connectivity index (χ1n) is 3.88. The second kappa shape index (κ2) is 2.36. The Labute approximate surface area is 82.1 Å². The van der Waals surface area contributed by atoms with Gasteiger partial charge in [-0.2, -0.15) is 8.75 Å². The SMILES string of the molecule is O=C1NC(=O)c2cc3nsnc3cc21. The van der Waals surface area contributed by atoms with Crippen LogP contribution in [0, 0.1) is 0 Å². The molecule has 0 aliphatic carbocycles. The highest BCUT2D eigenvalue weighted by Crippen LogP contribution is 2.21. The van der Waals surface area contributed by atoms with Gasteiger partial charge >= 0.3 is 0 Å². The maximum absolute atomic E-state index is 11.3. The molecule has 0 spiro atoms. The zero-order chi connectivity index (χ0) is 9.71. The maximum Gasteiger partial charge on any atom is 0.259 e. The van der Waals surface area contributed by atoms with Crippen molar-refractivity contribution in [3.8, 4) is 0 Å². The van der Waals surface area contributed by atoms with Crippen molar-refractivity contribution in [2.45, 2.75) is 0 Å². The normalized spacial score (nSPS) is 14.6. The number of benzene rings is 1. The molecule has 3 rings (SSSR count). The number of hydrogen-bond donors (Lipinski definition) is 1. The molecule has 1 aliphatic rings. The summed E-state index contributed by atoms with van der Waals surface area (Å²) in [5, 5.41) is 2.22. The van der Waals surface area contributed by atoms with Crippen LogP contribution in [-0.2, 0) is 0 Å². The third-order valence-corrected chi connectivity index (χ3v) is 2.67. The highest BCUT2D eigenvalue weighted by molar-refractivity contribution is 7.00. The van der Waals surface area contributed by atoms with Gasteiger partial charge in [0.15, 0.2) is 0 Å². The highest BCUT2D eigenvalue weighted by Gasteiger charge is 2.27. The lowest BCUT2D eigenvalue weighted by atomic mass is 10.1. The number of hydrogen-bond acceptors (Lipinski definition) is 5. The molecule has 5 nitrogen and oxygen atoms in total. The number of imide groups is 1. The Morgan fingerprint density at radius 2 is 1.50 bits per heavy atom. The van der Waals surface area contributed by atoms with Crippen LogP contribution in [0.4, 0.5) is 0 Å². The predicted octanol–water partition coefficient (Wildman–Crippen LogP) is 0.575. The van der Waals surface area contributed by atoms with Gasteiger partial charge in [-0.25, -0.2) is 0 Å². The number of fused-ring (bicyclic) bond motifs is 2. The largest absolute Gasteiger partial charge is 0.288 e. The molecule has 1 aromatic heterocycles. The molecule has 0 saturated heterocycles. The molecule has 1 aliphatic heterocycles. The van der Waals surface area contributed by atoms with Crippen LogP contribution in [0.1, 0.15) is 20.7 Å². The van der Waals surface area contributed by atoms with Crippen molar-refractivity contribution in [2.24, 2.45) is 0 Å². The molecule has 14 heavy (non-hydrogen) atoms. The quantitative estimate of drug-likeness (QED) is 0.638. The van der Waals surface area contributed by atoms with Crippen LogP contribution in [0.25, 0.3) is 11.0 Å². The summed E-state index contributed by atoms with van der Waals surface area (Å²) in [6.45, 7) is 0. The van der Waals surface area contributed by atoms with Crippen LogP contribution in [0.2, 0.25) is 0 Å². The third-order valence-electron chi connectivity index (χ3n) is 2.11. The molecule has 0 atom stereocenters. The van der Waals surface area contributed by atoms with Gasteiger partial charge in [0, 0.05) is 0 Å². The summed E-state index contributed by atoms with van der Waals surface area (Å²) in [5.74, 6) is -0.722. The third kappa shape index (κ3) is 0.828. The zero-order valence-electron chi connectivity index (χ0n) is 6.77. The number of rotatable bonds is 0. The molecule has 0 radical (unpaired) electrons. The van der Waals surface area contributed by atoms with E-state index < -0.39 is 0 Å². The van der Waals surface area contributed by atoms with Crippen molar-refractivity contribution in [3.63, 3.8) is 0 Å². The van der Waals surface area contributed by atoms with E-state index in [2.05, 4.69) is 14.1 Å². The Hall–Kier alpha value is -1.82. The lowest BCUT2D eigenvalue weighted by molar-refractivity contribution is 0.0879. The van der Waals surface area contributed by atoms with Gasteiger partial charge in [-0.05, 0) is 12.1 Å². The maximum atomic E-state index is 11.3. The molecular weight excluding hydrogens is 202 g/mol. The number of nitrogens with one attached hydrogen (secondary N) is 1. The summed E-state index contributed by atoms with van der Waals surface area (Å²) in [7, 11) is 0. The van der Waals surface area contributed by atoms with Crippen LogP contribution in [0.5, 0.6) is 0 Å². The van der Waals surface area contributed by atoms with Crippen molar-refractivity contribution in [2.75, 3.05) is 0 Å². The summed E-state index contributed by atoms with van der Waals surface area (Å²) < 4.78 is 7.99. The van der Waals surface area contributed by atoms with Crippen LogP contribution in [-0.4, -0.2) is 20.6 Å². The number of amides is 2. The molecule has 2 amide bonds. The minimum Gasteiger partial charge on any atom is -0.288 e. The highest BCUT2D eigenvalue weighted by atomic mass is 32.1. The topological polar surface area (TPSA) is 72.0 Å². The van der Waals surface area contributed by atoms with E-state index in [-0.39, 0.29) is 11.8 Å². The first-order valence-corrected chi connectivity index (χ1v) is 4.61. The Kier molecular flexibility index (Phi) is 1.27. The molecule has 1 aromatic carbocycles. The van der Waals surface area contributed by atoms with Gasteiger partial charge in [0.05, 0.1) is 22.9 Å². The van der Waals surface area contributed by atoms with Crippen LogP contribution in [0.15, 0.2) is 12.1 Å². The summed E-state index contributed by atoms with van der Waals surface area (Å²) in [4.78, 5) is 22.5. The summed E-state index contributed by atoms with van der Waals surface area (Å²) >= 11 is 1.06. The van der Waals surface area contributed by atoms with Gasteiger partial charge in [-0.1, -0.05) is 0 Å². The summed E-state index contributed by atoms with van der Waals surface area (Å²) in [6, 6.07) is 3.18. The predicted molar refractivity (Wildman–Crippen MR) is 49.2 cm³/mol. The molecule has 0 unspecified atom stereocenters. The number of nitrogens with zero attached hydrogens (tertiary/aromatic N) is 2. The molecule has 0 bridgehead atoms. The zero-order valence-corrected chi connectivity index (χ0v) is 7.59. The van der Waals surface area contributed by atoms with E-state index in [1.807, 2.05) is 0 Å². The fourth-order valence-electron chi connectivity index (χ4n) is 1.44. The van der Waals surface area contributed by atoms with Crippen molar-refractivity contribution in [3.05, 3.63) is 23.3 Å². The minimum absolute atomic E-state index is 0.361. The van der Waals surface area contributed by atoms with Gasteiger partial charge in [-0.15, -0.1) is 0 Å². The Bertz CT molecular complexity index is 527. The van der Waals surface area contributed by atoms with Crippen molar-refractivity contribution in [1.29, 1.82) is 0 Å². The Morgan fingerprint density at radius 3 is 2.00 bits per heavy atom. The first kappa shape index (κ1) is 7.57. The second-order valence-corrected chi connectivity index (χ2v) is 3.46. The number of carbonyl (C=O) groups excluding carboxylic acids is 2.